The zero-order valence-electron chi connectivity index (χ0n) is 7.33. The first-order valence-electron chi connectivity index (χ1n) is 4.15. The van der Waals surface area contributed by atoms with Crippen LogP contribution in [0.5, 0.6) is 0 Å². The third kappa shape index (κ3) is 2.74. The predicted octanol–water partition coefficient (Wildman–Crippen LogP) is 2.25. The Balaban J connectivity index is 2.53. The number of nitrogen functional groups attached to an aromatic ring is 1. The van der Waals surface area contributed by atoms with Crippen LogP contribution in [0.1, 0.15) is 18.9 Å². The van der Waals surface area contributed by atoms with Crippen LogP contribution >= 0.6 is 0 Å². The zero-order valence-corrected chi connectivity index (χ0v) is 7.33. The van der Waals surface area contributed by atoms with E-state index in [0.29, 0.717) is 0 Å². The van der Waals surface area contributed by atoms with Crippen LogP contribution in [0, 0.1) is 0 Å². The molecule has 2 N–H and O–H groups in total. The molecule has 0 spiro atoms. The molecule has 0 saturated carbocycles. The van der Waals surface area contributed by atoms with E-state index in [1.54, 1.807) is 0 Å². The quantitative estimate of drug-likeness (QED) is 0.537. The normalized spacial score (nSPS) is 10.8. The topological polar surface area (TPSA) is 38.4 Å². The third-order valence-corrected chi connectivity index (χ3v) is 1.57. The molecule has 12 heavy (non-hydrogen) atoms. The lowest BCUT2D eigenvalue weighted by molar-refractivity contribution is 1.06. The average Bonchev–Trinajstić information content (AvgIpc) is 2.09. The maximum absolute atomic E-state index is 5.54. The average molecular weight is 162 g/mol. The Labute approximate surface area is 73.1 Å². The maximum atomic E-state index is 5.54. The molecule has 2 heteroatoms. The van der Waals surface area contributed by atoms with E-state index in [2.05, 4.69) is 11.9 Å². The SMILES string of the molecule is CCC=NCc1ccc(N)cc1. The van der Waals surface area contributed by atoms with E-state index in [4.69, 9.17) is 5.73 Å². The molecular formula is C10H14N2. The minimum absolute atomic E-state index is 0.758. The molecule has 1 aromatic carbocycles. The Bertz CT molecular complexity index is 249. The van der Waals surface area contributed by atoms with Gasteiger partial charge in [-0.25, -0.2) is 0 Å². The van der Waals surface area contributed by atoms with Gasteiger partial charge in [-0.05, 0) is 30.3 Å². The van der Waals surface area contributed by atoms with E-state index >= 15 is 0 Å². The number of nitrogens with zero attached hydrogens (tertiary/aromatic N) is 1. The van der Waals surface area contributed by atoms with Crippen molar-refractivity contribution in [1.82, 2.24) is 0 Å². The van der Waals surface area contributed by atoms with Gasteiger partial charge in [-0.1, -0.05) is 19.1 Å². The summed E-state index contributed by atoms with van der Waals surface area (Å²) in [7, 11) is 0. The minimum Gasteiger partial charge on any atom is -0.399 e. The van der Waals surface area contributed by atoms with Gasteiger partial charge in [0.05, 0.1) is 6.54 Å². The highest BCUT2D eigenvalue weighted by Crippen LogP contribution is 2.05. The molecule has 1 aromatic rings. The standard InChI is InChI=1S/C10H14N2/c1-2-7-12-8-9-3-5-10(11)6-4-9/h3-7H,2,8,11H2,1H3. The molecule has 0 radical (unpaired) electrons. The second-order valence-electron chi connectivity index (χ2n) is 2.67. The van der Waals surface area contributed by atoms with E-state index in [1.165, 1.54) is 5.56 Å². The van der Waals surface area contributed by atoms with Gasteiger partial charge in [0, 0.05) is 5.69 Å². The molecular weight excluding hydrogens is 148 g/mol. The second kappa shape index (κ2) is 4.54. The van der Waals surface area contributed by atoms with Crippen molar-refractivity contribution in [3.05, 3.63) is 29.8 Å². The molecule has 64 valence electrons. The number of hydrogen-bond donors (Lipinski definition) is 1. The van der Waals surface area contributed by atoms with E-state index in [0.717, 1.165) is 18.7 Å². The molecule has 0 fully saturated rings. The summed E-state index contributed by atoms with van der Waals surface area (Å²) in [6, 6.07) is 7.80. The Morgan fingerprint density at radius 2 is 2.00 bits per heavy atom. The molecule has 0 atom stereocenters. The first-order chi connectivity index (χ1) is 5.83. The van der Waals surface area contributed by atoms with Crippen molar-refractivity contribution in [2.45, 2.75) is 19.9 Å². The molecule has 0 saturated heterocycles. The summed E-state index contributed by atoms with van der Waals surface area (Å²) in [5.74, 6) is 0. The molecule has 0 aliphatic heterocycles. The van der Waals surface area contributed by atoms with Crippen molar-refractivity contribution in [1.29, 1.82) is 0 Å². The fourth-order valence-electron chi connectivity index (χ4n) is 0.922. The molecule has 0 heterocycles. The highest BCUT2D eigenvalue weighted by Gasteiger charge is 1.88. The Hall–Kier alpha value is -1.31. The predicted molar refractivity (Wildman–Crippen MR) is 53.3 cm³/mol. The number of benzene rings is 1. The third-order valence-electron chi connectivity index (χ3n) is 1.57. The van der Waals surface area contributed by atoms with Gasteiger partial charge in [-0.2, -0.15) is 0 Å². The highest BCUT2D eigenvalue weighted by atomic mass is 14.7. The van der Waals surface area contributed by atoms with Crippen molar-refractivity contribution in [2.75, 3.05) is 5.73 Å². The Morgan fingerprint density at radius 1 is 1.33 bits per heavy atom. The highest BCUT2D eigenvalue weighted by molar-refractivity contribution is 5.56. The van der Waals surface area contributed by atoms with Gasteiger partial charge in [0.1, 0.15) is 0 Å². The molecule has 0 bridgehead atoms. The van der Waals surface area contributed by atoms with Gasteiger partial charge >= 0.3 is 0 Å². The van der Waals surface area contributed by atoms with E-state index in [-0.39, 0.29) is 0 Å². The van der Waals surface area contributed by atoms with E-state index < -0.39 is 0 Å². The molecule has 0 unspecified atom stereocenters. The smallest absolute Gasteiger partial charge is 0.0635 e. The van der Waals surface area contributed by atoms with Crippen LogP contribution in [0.2, 0.25) is 0 Å². The van der Waals surface area contributed by atoms with Crippen LogP contribution in [-0.2, 0) is 6.54 Å². The lowest BCUT2D eigenvalue weighted by Gasteiger charge is -1.96. The zero-order chi connectivity index (χ0) is 8.81. The molecule has 0 amide bonds. The Morgan fingerprint density at radius 3 is 2.58 bits per heavy atom. The van der Waals surface area contributed by atoms with Gasteiger partial charge < -0.3 is 5.73 Å². The summed E-state index contributed by atoms with van der Waals surface area (Å²) >= 11 is 0. The minimum atomic E-state index is 0.758. The van der Waals surface area contributed by atoms with Crippen molar-refractivity contribution in [2.24, 2.45) is 4.99 Å². The van der Waals surface area contributed by atoms with Crippen LogP contribution in [-0.4, -0.2) is 6.21 Å². The van der Waals surface area contributed by atoms with Gasteiger partial charge in [0.25, 0.3) is 0 Å². The molecule has 0 aliphatic rings. The summed E-state index contributed by atoms with van der Waals surface area (Å²) in [5.41, 5.74) is 7.55. The number of aliphatic imine (C=N–C) groups is 1. The summed E-state index contributed by atoms with van der Waals surface area (Å²) in [6.45, 7) is 2.83. The molecule has 2 nitrogen and oxygen atoms in total. The fourth-order valence-corrected chi connectivity index (χ4v) is 0.922. The number of anilines is 1. The van der Waals surface area contributed by atoms with Crippen LogP contribution in [0.25, 0.3) is 0 Å². The van der Waals surface area contributed by atoms with Crippen molar-refractivity contribution < 1.29 is 0 Å². The lowest BCUT2D eigenvalue weighted by Crippen LogP contribution is -1.86. The van der Waals surface area contributed by atoms with Gasteiger partial charge in [-0.3, -0.25) is 4.99 Å². The van der Waals surface area contributed by atoms with Crippen molar-refractivity contribution >= 4 is 11.9 Å². The van der Waals surface area contributed by atoms with Crippen LogP contribution in [0.3, 0.4) is 0 Å². The summed E-state index contributed by atoms with van der Waals surface area (Å²) < 4.78 is 0. The number of hydrogen-bond acceptors (Lipinski definition) is 2. The first-order valence-corrected chi connectivity index (χ1v) is 4.15. The molecule has 1 rings (SSSR count). The summed E-state index contributed by atoms with van der Waals surface area (Å²) in [6.07, 6.45) is 2.92. The van der Waals surface area contributed by atoms with Gasteiger partial charge in [-0.15, -0.1) is 0 Å². The number of rotatable bonds is 3. The monoisotopic (exact) mass is 162 g/mol. The van der Waals surface area contributed by atoms with Crippen LogP contribution < -0.4 is 5.73 Å². The van der Waals surface area contributed by atoms with Gasteiger partial charge in [0.15, 0.2) is 0 Å². The summed E-state index contributed by atoms with van der Waals surface area (Å²) in [4.78, 5) is 4.22. The van der Waals surface area contributed by atoms with E-state index in [1.807, 2.05) is 30.5 Å². The Kier molecular flexibility index (Phi) is 3.33. The lowest BCUT2D eigenvalue weighted by atomic mass is 10.2. The number of nitrogens with two attached hydrogens (primary N) is 1. The van der Waals surface area contributed by atoms with Crippen LogP contribution in [0.15, 0.2) is 29.3 Å². The molecule has 0 aliphatic carbocycles. The van der Waals surface area contributed by atoms with Crippen LogP contribution in [0.4, 0.5) is 5.69 Å². The van der Waals surface area contributed by atoms with Gasteiger partial charge in [0.2, 0.25) is 0 Å². The largest absolute Gasteiger partial charge is 0.399 e. The van der Waals surface area contributed by atoms with E-state index in [9.17, 15) is 0 Å². The second-order valence-corrected chi connectivity index (χ2v) is 2.67. The first kappa shape index (κ1) is 8.78. The summed E-state index contributed by atoms with van der Waals surface area (Å²) in [5, 5.41) is 0. The fraction of sp³-hybridized carbons (Fsp3) is 0.300. The van der Waals surface area contributed by atoms with Crippen molar-refractivity contribution in [3.8, 4) is 0 Å². The maximum Gasteiger partial charge on any atom is 0.0635 e. The van der Waals surface area contributed by atoms with Crippen molar-refractivity contribution in [3.63, 3.8) is 0 Å². The molecule has 0 aromatic heterocycles.